The molecule has 1 unspecified atom stereocenters. The molecule has 0 saturated heterocycles. The number of rotatable bonds is 2. The normalized spacial score (nSPS) is 16.1. The van der Waals surface area contributed by atoms with Crippen molar-refractivity contribution in [2.45, 2.75) is 18.9 Å². The topological polar surface area (TPSA) is 94.6 Å². The number of imidazole rings is 1. The van der Waals surface area contributed by atoms with Crippen LogP contribution in [0.1, 0.15) is 24.4 Å². The molecule has 1 aliphatic heterocycles. The molecule has 3 N–H and O–H groups in total. The molecule has 7 nitrogen and oxygen atoms in total. The molecular weight excluding hydrogens is 376 g/mol. The third-order valence-electron chi connectivity index (χ3n) is 5.01. The molecule has 0 saturated carbocycles. The maximum atomic E-state index is 6.28. The number of ether oxygens (including phenoxy) is 1. The molecule has 1 aliphatic rings. The minimum absolute atomic E-state index is 0. The summed E-state index contributed by atoms with van der Waals surface area (Å²) in [6.07, 6.45) is 7.41. The van der Waals surface area contributed by atoms with E-state index in [1.807, 2.05) is 19.3 Å². The highest BCUT2D eigenvalue weighted by Crippen LogP contribution is 2.36. The first-order valence-electron chi connectivity index (χ1n) is 9.05. The number of pyridine rings is 1. The Balaban J connectivity index is 0.00000192. The molecule has 0 spiro atoms. The van der Waals surface area contributed by atoms with Crippen molar-refractivity contribution in [3.05, 3.63) is 48.4 Å². The van der Waals surface area contributed by atoms with Crippen LogP contribution in [0.25, 0.3) is 33.7 Å². The first-order chi connectivity index (χ1) is 13.2. The molecule has 0 radical (unpaired) electrons. The van der Waals surface area contributed by atoms with Gasteiger partial charge in [0.2, 0.25) is 0 Å². The number of H-pyrrole nitrogens is 1. The summed E-state index contributed by atoms with van der Waals surface area (Å²) in [5, 5.41) is 4.22. The molecule has 1 atom stereocenters. The van der Waals surface area contributed by atoms with Crippen molar-refractivity contribution < 1.29 is 4.74 Å². The Labute approximate surface area is 168 Å². The SMILES string of the molecule is Cl.Cn1cc(-c2nc3nccc(-c4ccc5c(c4)OCCCC5N)c3[nH]2)cn1. The third kappa shape index (κ3) is 3.12. The van der Waals surface area contributed by atoms with Crippen LogP contribution >= 0.6 is 12.4 Å². The van der Waals surface area contributed by atoms with Crippen LogP contribution in [0.4, 0.5) is 0 Å². The average Bonchev–Trinajstić information content (AvgIpc) is 3.26. The van der Waals surface area contributed by atoms with E-state index in [9.17, 15) is 0 Å². The minimum atomic E-state index is 0. The molecule has 3 aromatic heterocycles. The molecule has 0 amide bonds. The molecule has 0 fully saturated rings. The predicted molar refractivity (Wildman–Crippen MR) is 110 cm³/mol. The summed E-state index contributed by atoms with van der Waals surface area (Å²) in [6, 6.07) is 8.25. The van der Waals surface area contributed by atoms with Crippen molar-refractivity contribution in [1.82, 2.24) is 24.7 Å². The van der Waals surface area contributed by atoms with E-state index in [4.69, 9.17) is 10.5 Å². The first-order valence-corrected chi connectivity index (χ1v) is 9.05. The van der Waals surface area contributed by atoms with Crippen LogP contribution in [0.2, 0.25) is 0 Å². The van der Waals surface area contributed by atoms with Gasteiger partial charge in [-0.15, -0.1) is 12.4 Å². The Hall–Kier alpha value is -2.90. The molecule has 4 heterocycles. The lowest BCUT2D eigenvalue weighted by molar-refractivity contribution is 0.316. The zero-order chi connectivity index (χ0) is 18.4. The summed E-state index contributed by atoms with van der Waals surface area (Å²) in [6.45, 7) is 0.700. The second kappa shape index (κ2) is 7.26. The number of nitrogens with two attached hydrogens (primary N) is 1. The van der Waals surface area contributed by atoms with Crippen LogP contribution in [-0.4, -0.2) is 31.3 Å². The average molecular weight is 397 g/mol. The van der Waals surface area contributed by atoms with Gasteiger partial charge >= 0.3 is 0 Å². The Morgan fingerprint density at radius 3 is 2.96 bits per heavy atom. The molecule has 5 rings (SSSR count). The minimum Gasteiger partial charge on any atom is -0.493 e. The van der Waals surface area contributed by atoms with Crippen LogP contribution in [0.5, 0.6) is 5.75 Å². The summed E-state index contributed by atoms with van der Waals surface area (Å²) in [5.41, 5.74) is 11.9. The molecule has 8 heteroatoms. The van der Waals surface area contributed by atoms with Crippen LogP contribution < -0.4 is 10.5 Å². The Morgan fingerprint density at radius 2 is 2.14 bits per heavy atom. The van der Waals surface area contributed by atoms with E-state index in [1.165, 1.54) is 0 Å². The highest BCUT2D eigenvalue weighted by atomic mass is 35.5. The predicted octanol–water partition coefficient (Wildman–Crippen LogP) is 3.62. The van der Waals surface area contributed by atoms with Gasteiger partial charge in [0.15, 0.2) is 5.65 Å². The van der Waals surface area contributed by atoms with Gasteiger partial charge in [0.05, 0.1) is 23.9 Å². The van der Waals surface area contributed by atoms with E-state index in [1.54, 1.807) is 17.1 Å². The van der Waals surface area contributed by atoms with Crippen LogP contribution in [0.3, 0.4) is 0 Å². The number of nitrogens with zero attached hydrogens (tertiary/aromatic N) is 4. The summed E-state index contributed by atoms with van der Waals surface area (Å²) >= 11 is 0. The second-order valence-electron chi connectivity index (χ2n) is 6.89. The number of aryl methyl sites for hydroxylation is 1. The zero-order valence-electron chi connectivity index (χ0n) is 15.4. The maximum Gasteiger partial charge on any atom is 0.178 e. The summed E-state index contributed by atoms with van der Waals surface area (Å²) in [7, 11) is 1.89. The van der Waals surface area contributed by atoms with E-state index in [-0.39, 0.29) is 18.4 Å². The number of halogens is 1. The van der Waals surface area contributed by atoms with Gasteiger partial charge < -0.3 is 15.5 Å². The standard InChI is InChI=1S/C20H20N6O.ClH/c1-26-11-13(10-23-26)19-24-18-14(6-7-22-20(18)25-19)12-4-5-15-16(21)3-2-8-27-17(15)9-12;/h4-7,9-11,16H,2-3,8,21H2,1H3,(H,22,24,25);1H. The molecule has 1 aromatic carbocycles. The highest BCUT2D eigenvalue weighted by molar-refractivity contribution is 5.91. The van der Waals surface area contributed by atoms with Crippen molar-refractivity contribution in [2.24, 2.45) is 12.8 Å². The van der Waals surface area contributed by atoms with Crippen LogP contribution in [0.15, 0.2) is 42.9 Å². The summed E-state index contributed by atoms with van der Waals surface area (Å²) < 4.78 is 7.69. The van der Waals surface area contributed by atoms with Crippen molar-refractivity contribution in [2.75, 3.05) is 6.61 Å². The molecule has 4 aromatic rings. The van der Waals surface area contributed by atoms with Gasteiger partial charge in [-0.1, -0.05) is 12.1 Å². The maximum absolute atomic E-state index is 6.28. The van der Waals surface area contributed by atoms with Gasteiger partial charge in [0.25, 0.3) is 0 Å². The number of nitrogens with one attached hydrogen (secondary N) is 1. The van der Waals surface area contributed by atoms with Crippen LogP contribution in [-0.2, 0) is 7.05 Å². The summed E-state index contributed by atoms with van der Waals surface area (Å²) in [5.74, 6) is 1.63. The second-order valence-corrected chi connectivity index (χ2v) is 6.89. The molecule has 144 valence electrons. The molecule has 0 aliphatic carbocycles. The van der Waals surface area contributed by atoms with Crippen molar-refractivity contribution in [1.29, 1.82) is 0 Å². The fourth-order valence-electron chi connectivity index (χ4n) is 3.61. The lowest BCUT2D eigenvalue weighted by Gasteiger charge is -2.13. The Morgan fingerprint density at radius 1 is 1.25 bits per heavy atom. The molecule has 0 bridgehead atoms. The van der Waals surface area contributed by atoms with Gasteiger partial charge in [0.1, 0.15) is 11.6 Å². The monoisotopic (exact) mass is 396 g/mol. The molecule has 28 heavy (non-hydrogen) atoms. The van der Waals surface area contributed by atoms with Gasteiger partial charge in [-0.25, -0.2) is 9.97 Å². The fraction of sp³-hybridized carbons (Fsp3) is 0.250. The quantitative estimate of drug-likeness (QED) is 0.539. The lowest BCUT2D eigenvalue weighted by atomic mass is 9.98. The number of benzene rings is 1. The van der Waals surface area contributed by atoms with Crippen molar-refractivity contribution >= 4 is 23.6 Å². The number of hydrogen-bond donors (Lipinski definition) is 2. The van der Waals surface area contributed by atoms with Crippen LogP contribution in [0, 0.1) is 0 Å². The number of hydrogen-bond acceptors (Lipinski definition) is 5. The van der Waals surface area contributed by atoms with Crippen molar-refractivity contribution in [3.8, 4) is 28.3 Å². The Bertz CT molecular complexity index is 1130. The smallest absolute Gasteiger partial charge is 0.178 e. The van der Waals surface area contributed by atoms with Gasteiger partial charge in [-0.2, -0.15) is 5.10 Å². The zero-order valence-corrected chi connectivity index (χ0v) is 16.2. The number of aromatic amines is 1. The largest absolute Gasteiger partial charge is 0.493 e. The van der Waals surface area contributed by atoms with Gasteiger partial charge in [-0.3, -0.25) is 4.68 Å². The van der Waals surface area contributed by atoms with Crippen molar-refractivity contribution in [3.63, 3.8) is 0 Å². The molecular formula is C20H21ClN6O. The summed E-state index contributed by atoms with van der Waals surface area (Å²) in [4.78, 5) is 12.4. The van der Waals surface area contributed by atoms with E-state index >= 15 is 0 Å². The Kier molecular flexibility index (Phi) is 4.78. The fourth-order valence-corrected chi connectivity index (χ4v) is 3.61. The number of fused-ring (bicyclic) bond motifs is 2. The van der Waals surface area contributed by atoms with Gasteiger partial charge in [0, 0.05) is 36.6 Å². The van der Waals surface area contributed by atoms with E-state index in [0.29, 0.717) is 12.3 Å². The van der Waals surface area contributed by atoms with E-state index < -0.39 is 0 Å². The van der Waals surface area contributed by atoms with E-state index in [0.717, 1.165) is 52.2 Å². The number of aromatic nitrogens is 5. The van der Waals surface area contributed by atoms with Gasteiger partial charge in [-0.05, 0) is 30.5 Å². The highest BCUT2D eigenvalue weighted by Gasteiger charge is 2.18. The first kappa shape index (κ1) is 18.5. The third-order valence-corrected chi connectivity index (χ3v) is 5.01. The lowest BCUT2D eigenvalue weighted by Crippen LogP contribution is -2.08. The van der Waals surface area contributed by atoms with E-state index in [2.05, 4.69) is 38.2 Å².